The van der Waals surface area contributed by atoms with Crippen molar-refractivity contribution in [2.45, 2.75) is 50.8 Å². The van der Waals surface area contributed by atoms with Gasteiger partial charge in [0.1, 0.15) is 11.9 Å². The summed E-state index contributed by atoms with van der Waals surface area (Å²) in [7, 11) is 0. The monoisotopic (exact) mass is 330 g/mol. The maximum absolute atomic E-state index is 13.1. The quantitative estimate of drug-likeness (QED) is 0.916. The fourth-order valence-electron chi connectivity index (χ4n) is 4.05. The normalized spacial score (nSPS) is 23.8. The van der Waals surface area contributed by atoms with Gasteiger partial charge < -0.3 is 19.7 Å². The predicted molar refractivity (Wildman–Crippen MR) is 91.1 cm³/mol. The van der Waals surface area contributed by atoms with Crippen LogP contribution in [0.2, 0.25) is 0 Å². The highest BCUT2D eigenvalue weighted by atomic mass is 16.5. The molecular weight excluding hydrogens is 304 g/mol. The molecule has 1 aliphatic carbocycles. The van der Waals surface area contributed by atoms with Gasteiger partial charge in [0.2, 0.25) is 0 Å². The van der Waals surface area contributed by atoms with Gasteiger partial charge in [0.05, 0.1) is 13.2 Å². The van der Waals surface area contributed by atoms with Gasteiger partial charge >= 0.3 is 0 Å². The molecule has 1 saturated carbocycles. The first kappa shape index (κ1) is 15.9. The number of fused-ring (bicyclic) bond motifs is 1. The van der Waals surface area contributed by atoms with Crippen LogP contribution in [0.15, 0.2) is 18.2 Å². The van der Waals surface area contributed by atoms with E-state index in [2.05, 4.69) is 22.3 Å². The molecule has 1 amide bonds. The Bertz CT molecular complexity index is 592. The molecule has 1 unspecified atom stereocenters. The van der Waals surface area contributed by atoms with Gasteiger partial charge in [-0.1, -0.05) is 25.0 Å². The SMILES string of the molecule is O=C(C1CNCCO1)N(Cc1ccc2c(c1)CCO2)C1CCCC1. The fourth-order valence-corrected chi connectivity index (χ4v) is 4.05. The van der Waals surface area contributed by atoms with Crippen LogP contribution in [0.3, 0.4) is 0 Å². The van der Waals surface area contributed by atoms with Crippen LogP contribution in [0.5, 0.6) is 5.75 Å². The number of ether oxygens (including phenoxy) is 2. The highest BCUT2D eigenvalue weighted by molar-refractivity contribution is 5.81. The lowest BCUT2D eigenvalue weighted by Crippen LogP contribution is -2.51. The van der Waals surface area contributed by atoms with Crippen LogP contribution in [0, 0.1) is 0 Å². The van der Waals surface area contributed by atoms with E-state index >= 15 is 0 Å². The van der Waals surface area contributed by atoms with Gasteiger partial charge in [0.25, 0.3) is 5.91 Å². The summed E-state index contributed by atoms with van der Waals surface area (Å²) in [6.45, 7) is 3.52. The van der Waals surface area contributed by atoms with Crippen molar-refractivity contribution in [3.8, 4) is 5.75 Å². The number of nitrogens with zero attached hydrogens (tertiary/aromatic N) is 1. The van der Waals surface area contributed by atoms with Gasteiger partial charge in [0.15, 0.2) is 0 Å². The standard InChI is InChI=1S/C19H26N2O3/c22-19(18-12-20-8-10-24-18)21(16-3-1-2-4-16)13-14-5-6-17-15(11-14)7-9-23-17/h5-6,11,16,18,20H,1-4,7-10,12-13H2. The molecule has 0 aromatic heterocycles. The number of rotatable bonds is 4. The molecule has 2 heterocycles. The maximum Gasteiger partial charge on any atom is 0.253 e. The van der Waals surface area contributed by atoms with Gasteiger partial charge in [0, 0.05) is 32.1 Å². The molecule has 1 aromatic rings. The van der Waals surface area contributed by atoms with E-state index in [0.717, 1.165) is 38.2 Å². The van der Waals surface area contributed by atoms with Crippen LogP contribution < -0.4 is 10.1 Å². The van der Waals surface area contributed by atoms with E-state index in [1.165, 1.54) is 24.0 Å². The summed E-state index contributed by atoms with van der Waals surface area (Å²) in [4.78, 5) is 15.1. The molecule has 0 bridgehead atoms. The topological polar surface area (TPSA) is 50.8 Å². The molecule has 2 fully saturated rings. The Hall–Kier alpha value is -1.59. The van der Waals surface area contributed by atoms with E-state index in [9.17, 15) is 4.79 Å². The summed E-state index contributed by atoms with van der Waals surface area (Å²) in [5.74, 6) is 1.14. The third-order valence-electron chi connectivity index (χ3n) is 5.36. The average Bonchev–Trinajstić information content (AvgIpc) is 3.31. The molecule has 4 rings (SSSR count). The minimum Gasteiger partial charge on any atom is -0.493 e. The number of amides is 1. The number of carbonyl (C=O) groups excluding carboxylic acids is 1. The third-order valence-corrected chi connectivity index (χ3v) is 5.36. The Morgan fingerprint density at radius 3 is 2.92 bits per heavy atom. The van der Waals surface area contributed by atoms with Crippen molar-refractivity contribution in [1.29, 1.82) is 0 Å². The maximum atomic E-state index is 13.1. The average molecular weight is 330 g/mol. The molecule has 1 saturated heterocycles. The molecule has 2 aliphatic heterocycles. The molecule has 5 heteroatoms. The predicted octanol–water partition coefficient (Wildman–Crippen LogP) is 1.88. The van der Waals surface area contributed by atoms with Crippen LogP contribution in [-0.4, -0.2) is 49.3 Å². The van der Waals surface area contributed by atoms with Crippen LogP contribution in [0.1, 0.15) is 36.8 Å². The Balaban J connectivity index is 1.52. The van der Waals surface area contributed by atoms with Gasteiger partial charge in [-0.05, 0) is 30.0 Å². The molecule has 0 radical (unpaired) electrons. The number of hydrogen-bond acceptors (Lipinski definition) is 4. The van der Waals surface area contributed by atoms with E-state index in [1.807, 2.05) is 6.07 Å². The van der Waals surface area contributed by atoms with Gasteiger partial charge in [-0.25, -0.2) is 0 Å². The number of hydrogen-bond donors (Lipinski definition) is 1. The van der Waals surface area contributed by atoms with Crippen molar-refractivity contribution in [2.75, 3.05) is 26.3 Å². The van der Waals surface area contributed by atoms with Crippen LogP contribution >= 0.6 is 0 Å². The highest BCUT2D eigenvalue weighted by Crippen LogP contribution is 2.29. The zero-order valence-electron chi connectivity index (χ0n) is 14.1. The highest BCUT2D eigenvalue weighted by Gasteiger charge is 2.33. The van der Waals surface area contributed by atoms with E-state index in [-0.39, 0.29) is 12.0 Å². The molecule has 130 valence electrons. The summed E-state index contributed by atoms with van der Waals surface area (Å²) in [5, 5.41) is 3.27. The van der Waals surface area contributed by atoms with E-state index in [0.29, 0.717) is 25.7 Å². The Morgan fingerprint density at radius 1 is 1.25 bits per heavy atom. The fraction of sp³-hybridized carbons (Fsp3) is 0.632. The summed E-state index contributed by atoms with van der Waals surface area (Å²) < 4.78 is 11.3. The summed E-state index contributed by atoms with van der Waals surface area (Å²) >= 11 is 0. The largest absolute Gasteiger partial charge is 0.493 e. The number of benzene rings is 1. The summed E-state index contributed by atoms with van der Waals surface area (Å²) in [6, 6.07) is 6.71. The second kappa shape index (κ2) is 7.11. The lowest BCUT2D eigenvalue weighted by atomic mass is 10.1. The molecule has 1 atom stereocenters. The van der Waals surface area contributed by atoms with Crippen LogP contribution in [0.4, 0.5) is 0 Å². The number of nitrogens with one attached hydrogen (secondary N) is 1. The molecule has 24 heavy (non-hydrogen) atoms. The number of morpholine rings is 1. The number of carbonyl (C=O) groups is 1. The molecule has 3 aliphatic rings. The van der Waals surface area contributed by atoms with Crippen LogP contribution in [-0.2, 0) is 22.5 Å². The molecule has 1 aromatic carbocycles. The van der Waals surface area contributed by atoms with Crippen LogP contribution in [0.25, 0.3) is 0 Å². The van der Waals surface area contributed by atoms with Gasteiger partial charge in [-0.15, -0.1) is 0 Å². The second-order valence-electron chi connectivity index (χ2n) is 7.01. The van der Waals surface area contributed by atoms with Gasteiger partial charge in [-0.2, -0.15) is 0 Å². The Kier molecular flexibility index (Phi) is 4.72. The van der Waals surface area contributed by atoms with Crippen molar-refractivity contribution in [3.05, 3.63) is 29.3 Å². The van der Waals surface area contributed by atoms with E-state index in [4.69, 9.17) is 9.47 Å². The van der Waals surface area contributed by atoms with Crippen molar-refractivity contribution < 1.29 is 14.3 Å². The molecular formula is C19H26N2O3. The first-order valence-corrected chi connectivity index (χ1v) is 9.19. The second-order valence-corrected chi connectivity index (χ2v) is 7.01. The first-order chi connectivity index (χ1) is 11.8. The molecule has 1 N–H and O–H groups in total. The lowest BCUT2D eigenvalue weighted by molar-refractivity contribution is -0.148. The summed E-state index contributed by atoms with van der Waals surface area (Å²) in [5.41, 5.74) is 2.46. The van der Waals surface area contributed by atoms with Crippen molar-refractivity contribution in [1.82, 2.24) is 10.2 Å². The minimum atomic E-state index is -0.336. The zero-order valence-corrected chi connectivity index (χ0v) is 14.1. The molecule has 0 spiro atoms. The first-order valence-electron chi connectivity index (χ1n) is 9.19. The zero-order chi connectivity index (χ0) is 16.4. The Morgan fingerprint density at radius 2 is 2.12 bits per heavy atom. The van der Waals surface area contributed by atoms with Crippen molar-refractivity contribution in [2.24, 2.45) is 0 Å². The Labute approximate surface area is 143 Å². The van der Waals surface area contributed by atoms with E-state index in [1.54, 1.807) is 0 Å². The van der Waals surface area contributed by atoms with Gasteiger partial charge in [-0.3, -0.25) is 4.79 Å². The van der Waals surface area contributed by atoms with Crippen molar-refractivity contribution in [3.63, 3.8) is 0 Å². The third kappa shape index (κ3) is 3.28. The molecule has 5 nitrogen and oxygen atoms in total. The van der Waals surface area contributed by atoms with Crippen molar-refractivity contribution >= 4 is 5.91 Å². The van der Waals surface area contributed by atoms with E-state index < -0.39 is 0 Å². The smallest absolute Gasteiger partial charge is 0.253 e. The lowest BCUT2D eigenvalue weighted by Gasteiger charge is -2.34. The minimum absolute atomic E-state index is 0.144. The summed E-state index contributed by atoms with van der Waals surface area (Å²) in [6.07, 6.45) is 5.29.